The number of alkyl halides is 6. The number of hydrogen-bond donors (Lipinski definition) is 2. The Hall–Kier alpha value is -2.38. The van der Waals surface area contributed by atoms with Crippen molar-refractivity contribution in [1.29, 1.82) is 0 Å². The summed E-state index contributed by atoms with van der Waals surface area (Å²) in [6.07, 6.45) is -8.61. The van der Waals surface area contributed by atoms with Gasteiger partial charge in [0.15, 0.2) is 0 Å². The normalized spacial score (nSPS) is 18.8. The fraction of sp³-hybridized carbons (Fsp3) is 0.579. The monoisotopic (exact) mass is 468 g/mol. The highest BCUT2D eigenvalue weighted by molar-refractivity contribution is 5.98. The zero-order chi connectivity index (χ0) is 23.7. The minimum atomic E-state index is -4.89. The maximum Gasteiger partial charge on any atom is 0.418 e. The summed E-state index contributed by atoms with van der Waals surface area (Å²) in [5.41, 5.74) is 3.63. The SMILES string of the molecule is NC[C@H](C(=O)Nc1ccc(N2CCOCC2=O)cc1C(F)(F)F)N(CC(F)(F)F)C1CC1. The van der Waals surface area contributed by atoms with E-state index in [-0.39, 0.29) is 25.4 Å². The van der Waals surface area contributed by atoms with Gasteiger partial charge in [-0.25, -0.2) is 0 Å². The molecule has 2 fully saturated rings. The highest BCUT2D eigenvalue weighted by atomic mass is 19.4. The molecule has 7 nitrogen and oxygen atoms in total. The molecule has 1 aliphatic heterocycles. The lowest BCUT2D eigenvalue weighted by atomic mass is 10.1. The van der Waals surface area contributed by atoms with E-state index >= 15 is 0 Å². The van der Waals surface area contributed by atoms with Crippen LogP contribution in [0.1, 0.15) is 18.4 Å². The molecule has 1 saturated carbocycles. The minimum absolute atomic E-state index is 0.0318. The summed E-state index contributed by atoms with van der Waals surface area (Å²) in [6.45, 7) is -1.95. The molecule has 2 amide bonds. The average molecular weight is 468 g/mol. The van der Waals surface area contributed by atoms with Crippen LogP contribution in [0.3, 0.4) is 0 Å². The van der Waals surface area contributed by atoms with Gasteiger partial charge in [-0.15, -0.1) is 0 Å². The molecule has 13 heteroatoms. The van der Waals surface area contributed by atoms with Gasteiger partial charge < -0.3 is 20.7 Å². The predicted molar refractivity (Wildman–Crippen MR) is 102 cm³/mol. The van der Waals surface area contributed by atoms with Gasteiger partial charge in [0.25, 0.3) is 5.91 Å². The number of amides is 2. The van der Waals surface area contributed by atoms with E-state index in [1.807, 2.05) is 0 Å². The molecule has 1 aromatic carbocycles. The second-order valence-corrected chi connectivity index (χ2v) is 7.59. The molecule has 0 spiro atoms. The van der Waals surface area contributed by atoms with Crippen LogP contribution < -0.4 is 16.0 Å². The molecular formula is C19H22F6N4O3. The molecule has 0 aromatic heterocycles. The quantitative estimate of drug-likeness (QED) is 0.600. The molecule has 3 rings (SSSR count). The van der Waals surface area contributed by atoms with Crippen LogP contribution in [0.25, 0.3) is 0 Å². The van der Waals surface area contributed by atoms with Crippen molar-refractivity contribution < 1.29 is 40.7 Å². The number of anilines is 2. The first-order valence-electron chi connectivity index (χ1n) is 9.83. The lowest BCUT2D eigenvalue weighted by molar-refractivity contribution is -0.154. The van der Waals surface area contributed by atoms with Gasteiger partial charge >= 0.3 is 12.4 Å². The number of carbonyl (C=O) groups is 2. The first kappa shape index (κ1) is 24.3. The summed E-state index contributed by atoms with van der Waals surface area (Å²) in [5.74, 6) is -1.58. The van der Waals surface area contributed by atoms with Crippen molar-refractivity contribution >= 4 is 23.2 Å². The molecule has 0 radical (unpaired) electrons. The van der Waals surface area contributed by atoms with E-state index in [4.69, 9.17) is 10.5 Å². The highest BCUT2D eigenvalue weighted by Crippen LogP contribution is 2.38. The van der Waals surface area contributed by atoms with Crippen LogP contribution in [0, 0.1) is 0 Å². The number of morpholine rings is 1. The second kappa shape index (κ2) is 9.24. The molecule has 1 aliphatic carbocycles. The number of ether oxygens (including phenoxy) is 1. The average Bonchev–Trinajstić information content (AvgIpc) is 3.52. The number of rotatable bonds is 7. The van der Waals surface area contributed by atoms with Crippen molar-refractivity contribution in [3.8, 4) is 0 Å². The van der Waals surface area contributed by atoms with Crippen molar-refractivity contribution in [3.63, 3.8) is 0 Å². The van der Waals surface area contributed by atoms with Crippen LogP contribution in [-0.4, -0.2) is 67.8 Å². The lowest BCUT2D eigenvalue weighted by Gasteiger charge is -2.31. The van der Waals surface area contributed by atoms with E-state index in [0.29, 0.717) is 18.9 Å². The molecule has 1 atom stereocenters. The standard InChI is InChI=1S/C19H22F6N4O3/c20-18(21,22)10-29(11-1-2-11)15(8-26)17(31)27-14-4-3-12(7-13(14)19(23,24)25)28-5-6-32-9-16(28)30/h3-4,7,11,15H,1-2,5-6,8-10,26H2,(H,27,31)/t15-/m1/s1. The van der Waals surface area contributed by atoms with Gasteiger partial charge in [-0.3, -0.25) is 14.5 Å². The Labute approximate surface area is 179 Å². The molecule has 178 valence electrons. The molecular weight excluding hydrogens is 446 g/mol. The first-order chi connectivity index (χ1) is 14.9. The number of benzene rings is 1. The lowest BCUT2D eigenvalue weighted by Crippen LogP contribution is -2.52. The second-order valence-electron chi connectivity index (χ2n) is 7.59. The Morgan fingerprint density at radius 2 is 1.94 bits per heavy atom. The van der Waals surface area contributed by atoms with Gasteiger partial charge in [0, 0.05) is 24.8 Å². The topological polar surface area (TPSA) is 87.9 Å². The number of nitrogens with zero attached hydrogens (tertiary/aromatic N) is 2. The number of halogens is 6. The largest absolute Gasteiger partial charge is 0.418 e. The molecule has 32 heavy (non-hydrogen) atoms. The fourth-order valence-corrected chi connectivity index (χ4v) is 3.55. The van der Waals surface area contributed by atoms with E-state index in [9.17, 15) is 35.9 Å². The van der Waals surface area contributed by atoms with Crippen LogP contribution in [0.5, 0.6) is 0 Å². The van der Waals surface area contributed by atoms with Crippen molar-refractivity contribution in [2.75, 3.05) is 43.1 Å². The summed E-state index contributed by atoms with van der Waals surface area (Å²) in [5, 5.41) is 2.08. The fourth-order valence-electron chi connectivity index (χ4n) is 3.55. The molecule has 1 aromatic rings. The van der Waals surface area contributed by atoms with Crippen LogP contribution in [-0.2, 0) is 20.5 Å². The maximum atomic E-state index is 13.7. The van der Waals surface area contributed by atoms with Crippen LogP contribution in [0.2, 0.25) is 0 Å². The van der Waals surface area contributed by atoms with E-state index in [0.717, 1.165) is 15.9 Å². The van der Waals surface area contributed by atoms with E-state index in [2.05, 4.69) is 5.32 Å². The number of hydrogen-bond acceptors (Lipinski definition) is 5. The van der Waals surface area contributed by atoms with Gasteiger partial charge in [0.1, 0.15) is 12.6 Å². The summed E-state index contributed by atoms with van der Waals surface area (Å²) in [6, 6.07) is 0.945. The zero-order valence-corrected chi connectivity index (χ0v) is 16.8. The van der Waals surface area contributed by atoms with Crippen LogP contribution >= 0.6 is 0 Å². The highest BCUT2D eigenvalue weighted by Gasteiger charge is 2.44. The first-order valence-corrected chi connectivity index (χ1v) is 9.83. The molecule has 0 unspecified atom stereocenters. The van der Waals surface area contributed by atoms with E-state index < -0.39 is 60.6 Å². The zero-order valence-electron chi connectivity index (χ0n) is 16.8. The van der Waals surface area contributed by atoms with Crippen molar-refractivity contribution in [3.05, 3.63) is 23.8 Å². The molecule has 1 heterocycles. The van der Waals surface area contributed by atoms with Crippen LogP contribution in [0.4, 0.5) is 37.7 Å². The Bertz CT molecular complexity index is 856. The Kier molecular flexibility index (Phi) is 7.00. The minimum Gasteiger partial charge on any atom is -0.370 e. The van der Waals surface area contributed by atoms with Gasteiger partial charge in [-0.05, 0) is 31.0 Å². The predicted octanol–water partition coefficient (Wildman–Crippen LogP) is 2.36. The molecule has 1 saturated heterocycles. The Morgan fingerprint density at radius 3 is 2.47 bits per heavy atom. The van der Waals surface area contributed by atoms with Crippen molar-refractivity contribution in [2.24, 2.45) is 5.73 Å². The molecule has 2 aliphatic rings. The third-order valence-corrected chi connectivity index (χ3v) is 5.17. The summed E-state index contributed by atoms with van der Waals surface area (Å²) in [7, 11) is 0. The van der Waals surface area contributed by atoms with Gasteiger partial charge in [-0.2, -0.15) is 26.3 Å². The van der Waals surface area contributed by atoms with Crippen molar-refractivity contribution in [2.45, 2.75) is 37.3 Å². The van der Waals surface area contributed by atoms with E-state index in [1.54, 1.807) is 0 Å². The molecule has 0 bridgehead atoms. The summed E-state index contributed by atoms with van der Waals surface area (Å²) < 4.78 is 84.9. The van der Waals surface area contributed by atoms with Crippen LogP contribution in [0.15, 0.2) is 18.2 Å². The van der Waals surface area contributed by atoms with Gasteiger partial charge in [-0.1, -0.05) is 0 Å². The summed E-state index contributed by atoms with van der Waals surface area (Å²) >= 11 is 0. The third kappa shape index (κ3) is 5.90. The Balaban J connectivity index is 1.86. The number of nitrogens with one attached hydrogen (secondary N) is 1. The third-order valence-electron chi connectivity index (χ3n) is 5.17. The molecule has 3 N–H and O–H groups in total. The van der Waals surface area contributed by atoms with E-state index in [1.165, 1.54) is 6.07 Å². The van der Waals surface area contributed by atoms with Gasteiger partial charge in [0.2, 0.25) is 5.91 Å². The smallest absolute Gasteiger partial charge is 0.370 e. The number of nitrogens with two attached hydrogens (primary N) is 1. The summed E-state index contributed by atoms with van der Waals surface area (Å²) in [4.78, 5) is 26.6. The van der Waals surface area contributed by atoms with Crippen molar-refractivity contribution in [1.82, 2.24) is 4.90 Å². The van der Waals surface area contributed by atoms with Gasteiger partial charge in [0.05, 0.1) is 24.4 Å². The maximum absolute atomic E-state index is 13.7. The number of carbonyl (C=O) groups excluding carboxylic acids is 2. The Morgan fingerprint density at radius 1 is 1.25 bits per heavy atom.